The Bertz CT molecular complexity index is 173. The summed E-state index contributed by atoms with van der Waals surface area (Å²) in [5.41, 5.74) is 17.3. The van der Waals surface area contributed by atoms with Crippen LogP contribution in [0.5, 0.6) is 0 Å². The molecule has 96 valence electrons. The van der Waals surface area contributed by atoms with E-state index in [0.29, 0.717) is 0 Å². The largest absolute Gasteiger partial charge is 0.454 e. The van der Waals surface area contributed by atoms with Crippen molar-refractivity contribution in [3.8, 4) is 0 Å². The van der Waals surface area contributed by atoms with E-state index in [1.807, 2.05) is 0 Å². The van der Waals surface area contributed by atoms with Gasteiger partial charge in [0.05, 0.1) is 0 Å². The summed E-state index contributed by atoms with van der Waals surface area (Å²) in [5.74, 6) is -1.19. The maximum atomic E-state index is 6.38. The Morgan fingerprint density at radius 2 is 1.12 bits per heavy atom. The number of rotatable bonds is 0. The number of nitrogens with zero attached hydrogens (tertiary/aromatic N) is 1. The summed E-state index contributed by atoms with van der Waals surface area (Å²) in [6.45, 7) is 13.6. The third-order valence-corrected chi connectivity index (χ3v) is 0.232. The second-order valence-electron chi connectivity index (χ2n) is 3.85. The van der Waals surface area contributed by atoms with Crippen LogP contribution in [0.2, 0.25) is 39.3 Å². The van der Waals surface area contributed by atoms with Crippen LogP contribution < -0.4 is 5.73 Å². The number of hydrogen-bond donors (Lipinski definition) is 2. The van der Waals surface area contributed by atoms with Crippen molar-refractivity contribution in [2.24, 2.45) is 10.7 Å². The van der Waals surface area contributed by atoms with Crippen LogP contribution in [0.1, 0.15) is 0 Å². The minimum Gasteiger partial charge on any atom is -0.454 e. The van der Waals surface area contributed by atoms with Gasteiger partial charge >= 0.3 is 0 Å². The SMILES string of the molecule is C[Si](C)C.C[Si](C)C.N=C([NH-])/N=C(/[NH-])N.[Y].[Y]. The van der Waals surface area contributed by atoms with Gasteiger partial charge in [-0.1, -0.05) is 39.3 Å². The van der Waals surface area contributed by atoms with E-state index in [-0.39, 0.29) is 83.0 Å². The van der Waals surface area contributed by atoms with Crippen molar-refractivity contribution in [1.29, 1.82) is 5.41 Å². The molecule has 0 aromatic carbocycles. The fourth-order valence-corrected chi connectivity index (χ4v) is 0.120. The van der Waals surface area contributed by atoms with E-state index in [9.17, 15) is 0 Å². The molecule has 5 nitrogen and oxygen atoms in total. The van der Waals surface area contributed by atoms with E-state index < -0.39 is 11.9 Å². The van der Waals surface area contributed by atoms with Gasteiger partial charge in [-0.05, 0) is 0 Å². The molecule has 9 heteroatoms. The predicted octanol–water partition coefficient (Wildman–Crippen LogP) is 3.08. The molecular formula is C8H23N5Si2Y2-2. The van der Waals surface area contributed by atoms with Crippen molar-refractivity contribution >= 4 is 29.5 Å². The standard InChI is InChI=1S/2C3H9Si.C2H5N5.2Y/c2*1-4(2)3;3-1(4)7-2(5)6;;/h2*1-3H3;(H5-2,3,4,5,6,7);;/q;;-2;;. The number of nitrogens with one attached hydrogen (secondary N) is 3. The van der Waals surface area contributed by atoms with Crippen LogP contribution in [0.4, 0.5) is 0 Å². The first-order chi connectivity index (χ1) is 6.59. The minimum atomic E-state index is -0.687. The molecule has 0 fully saturated rings. The monoisotopic (exact) mass is 423 g/mol. The molecule has 0 aliphatic heterocycles. The van der Waals surface area contributed by atoms with E-state index in [0.717, 1.165) is 0 Å². The van der Waals surface area contributed by atoms with Crippen LogP contribution in [0, 0.1) is 5.41 Å². The van der Waals surface area contributed by atoms with Gasteiger partial charge in [-0.15, -0.1) is 0 Å². The van der Waals surface area contributed by atoms with E-state index >= 15 is 0 Å². The number of guanidine groups is 2. The summed E-state index contributed by atoms with van der Waals surface area (Å²) in [6.07, 6.45) is 0. The van der Waals surface area contributed by atoms with Crippen molar-refractivity contribution < 1.29 is 65.4 Å². The molecule has 0 saturated heterocycles. The normalized spacial score (nSPS) is 8.82. The molecule has 0 heterocycles. The van der Waals surface area contributed by atoms with Gasteiger partial charge in [-0.2, -0.15) is 0 Å². The Balaban J connectivity index is -0.0000000425. The van der Waals surface area contributed by atoms with Gasteiger partial charge in [0.1, 0.15) is 0 Å². The summed E-state index contributed by atoms with van der Waals surface area (Å²) in [7, 11) is 0.241. The van der Waals surface area contributed by atoms with Crippen molar-refractivity contribution in [2.75, 3.05) is 0 Å². The third kappa shape index (κ3) is 142. The average molecular weight is 423 g/mol. The molecule has 0 aromatic heterocycles. The molecule has 0 unspecified atom stereocenters. The maximum Gasteiger partial charge on any atom is 0.0379 e. The second kappa shape index (κ2) is 22.6. The minimum absolute atomic E-state index is 0. The van der Waals surface area contributed by atoms with Crippen molar-refractivity contribution in [2.45, 2.75) is 39.3 Å². The molecule has 0 saturated carbocycles. The molecule has 0 amide bonds. The summed E-state index contributed by atoms with van der Waals surface area (Å²) in [6, 6.07) is 0. The smallest absolute Gasteiger partial charge is 0.0379 e. The Kier molecular flexibility index (Phi) is 41.1. The maximum absolute atomic E-state index is 6.38. The van der Waals surface area contributed by atoms with Crippen LogP contribution in [0.25, 0.3) is 11.5 Å². The molecule has 0 aliphatic rings. The predicted molar refractivity (Wildman–Crippen MR) is 74.7 cm³/mol. The van der Waals surface area contributed by atoms with Crippen LogP contribution in [-0.2, 0) is 65.4 Å². The molecule has 0 aliphatic carbocycles. The molecular weight excluding hydrogens is 400 g/mol. The molecule has 0 rings (SSSR count). The van der Waals surface area contributed by atoms with Gasteiger partial charge in [0, 0.05) is 94.9 Å². The first-order valence-corrected chi connectivity index (χ1v) is 10.5. The molecule has 17 heavy (non-hydrogen) atoms. The van der Waals surface area contributed by atoms with E-state index in [1.54, 1.807) is 0 Å². The van der Waals surface area contributed by atoms with Crippen LogP contribution in [0.3, 0.4) is 0 Å². The van der Waals surface area contributed by atoms with Gasteiger partial charge in [-0.25, -0.2) is 0 Å². The first kappa shape index (κ1) is 31.0. The van der Waals surface area contributed by atoms with Crippen molar-refractivity contribution in [1.82, 2.24) is 0 Å². The van der Waals surface area contributed by atoms with Crippen LogP contribution >= 0.6 is 0 Å². The summed E-state index contributed by atoms with van der Waals surface area (Å²) < 4.78 is 0. The van der Waals surface area contributed by atoms with Crippen molar-refractivity contribution in [3.05, 3.63) is 11.5 Å². The Morgan fingerprint density at radius 3 is 1.12 bits per heavy atom. The summed E-state index contributed by atoms with van der Waals surface area (Å²) >= 11 is 0. The quantitative estimate of drug-likeness (QED) is 0.349. The number of nitrogens with two attached hydrogens (primary N) is 1. The molecule has 4 radical (unpaired) electrons. The van der Waals surface area contributed by atoms with Crippen molar-refractivity contribution in [3.63, 3.8) is 0 Å². The summed E-state index contributed by atoms with van der Waals surface area (Å²) in [4.78, 5) is 2.89. The Labute approximate surface area is 160 Å². The van der Waals surface area contributed by atoms with Gasteiger partial charge in [-0.3, -0.25) is 0 Å². The molecule has 0 atom stereocenters. The first-order valence-electron chi connectivity index (χ1n) is 4.49. The topological polar surface area (TPSA) is 110 Å². The zero-order valence-electron chi connectivity index (χ0n) is 11.7. The molecule has 0 bridgehead atoms. The van der Waals surface area contributed by atoms with Crippen LogP contribution in [0.15, 0.2) is 4.99 Å². The summed E-state index contributed by atoms with van der Waals surface area (Å²) in [5, 5.41) is 6.30. The van der Waals surface area contributed by atoms with E-state index in [1.165, 1.54) is 0 Å². The van der Waals surface area contributed by atoms with Gasteiger partial charge < -0.3 is 27.6 Å². The van der Waals surface area contributed by atoms with E-state index in [4.69, 9.17) is 16.9 Å². The second-order valence-corrected chi connectivity index (χ2v) is 9.85. The molecule has 5 N–H and O–H groups in total. The Hall–Kier alpha value is 1.38. The molecule has 0 aromatic rings. The fourth-order valence-electron chi connectivity index (χ4n) is 0.120. The molecule has 0 spiro atoms. The van der Waals surface area contributed by atoms with Gasteiger partial charge in [0.15, 0.2) is 0 Å². The number of hydrogen-bond acceptors (Lipinski definition) is 1. The Morgan fingerprint density at radius 1 is 0.941 bits per heavy atom. The average Bonchev–Trinajstić information content (AvgIpc) is 1.78. The zero-order valence-corrected chi connectivity index (χ0v) is 19.4. The van der Waals surface area contributed by atoms with Crippen LogP contribution in [-0.4, -0.2) is 29.5 Å². The van der Waals surface area contributed by atoms with E-state index in [2.05, 4.69) is 50.0 Å². The number of aliphatic imine (C=N–C) groups is 1. The fraction of sp³-hybridized carbons (Fsp3) is 0.750. The third-order valence-electron chi connectivity index (χ3n) is 0.232. The van der Waals surface area contributed by atoms with Gasteiger partial charge in [0.2, 0.25) is 0 Å². The van der Waals surface area contributed by atoms with Gasteiger partial charge in [0.25, 0.3) is 0 Å². The zero-order chi connectivity index (χ0) is 13.0.